The van der Waals surface area contributed by atoms with Crippen LogP contribution >= 0.6 is 11.6 Å². The normalized spacial score (nSPS) is 12.5. The standard InChI is InChI=1S/C19H19ClF3N7O/c1-3-29(12(2)9-24-18-25-10-13(11-26-18)19(21,22)23)17(31)15-8-14(20)4-5-16(15)30-27-6-7-28-30/h4-8,10-12H,3,9H2,1-2H3,(H,24,25,26). The van der Waals surface area contributed by atoms with Crippen LogP contribution in [0, 0.1) is 0 Å². The van der Waals surface area contributed by atoms with Crippen molar-refractivity contribution in [2.75, 3.05) is 18.4 Å². The fourth-order valence-electron chi connectivity index (χ4n) is 2.92. The minimum Gasteiger partial charge on any atom is -0.352 e. The molecule has 12 heteroatoms. The number of likely N-dealkylation sites (N-methyl/N-ethyl adjacent to an activating group) is 1. The van der Waals surface area contributed by atoms with E-state index in [0.717, 1.165) is 0 Å². The van der Waals surface area contributed by atoms with Crippen LogP contribution in [0.3, 0.4) is 0 Å². The van der Waals surface area contributed by atoms with Gasteiger partial charge in [0, 0.05) is 36.5 Å². The minimum absolute atomic E-state index is 0.0348. The molecule has 0 aliphatic heterocycles. The predicted molar refractivity (Wildman–Crippen MR) is 108 cm³/mol. The average Bonchev–Trinajstić information content (AvgIpc) is 3.27. The van der Waals surface area contributed by atoms with Gasteiger partial charge in [-0.15, -0.1) is 0 Å². The summed E-state index contributed by atoms with van der Waals surface area (Å²) in [6.45, 7) is 4.23. The van der Waals surface area contributed by atoms with Crippen LogP contribution in [-0.4, -0.2) is 54.9 Å². The Hall–Kier alpha value is -3.21. The number of hydrogen-bond acceptors (Lipinski definition) is 6. The quantitative estimate of drug-likeness (QED) is 0.587. The molecular weight excluding hydrogens is 435 g/mol. The highest BCUT2D eigenvalue weighted by Gasteiger charge is 2.31. The van der Waals surface area contributed by atoms with E-state index in [-0.39, 0.29) is 24.4 Å². The van der Waals surface area contributed by atoms with E-state index in [9.17, 15) is 18.0 Å². The van der Waals surface area contributed by atoms with Gasteiger partial charge in [0.05, 0.1) is 29.2 Å². The van der Waals surface area contributed by atoms with Gasteiger partial charge in [0.2, 0.25) is 5.95 Å². The van der Waals surface area contributed by atoms with Crippen molar-refractivity contribution in [3.05, 3.63) is 59.1 Å². The molecular formula is C19H19ClF3N7O. The molecule has 2 aromatic heterocycles. The summed E-state index contributed by atoms with van der Waals surface area (Å²) in [7, 11) is 0. The predicted octanol–water partition coefficient (Wildman–Crippen LogP) is 3.69. The van der Waals surface area contributed by atoms with E-state index < -0.39 is 11.7 Å². The maximum atomic E-state index is 13.3. The first-order valence-corrected chi connectivity index (χ1v) is 9.68. The Bertz CT molecular complexity index is 1030. The van der Waals surface area contributed by atoms with Crippen LogP contribution in [-0.2, 0) is 6.18 Å². The Balaban J connectivity index is 1.74. The van der Waals surface area contributed by atoms with Gasteiger partial charge in [-0.3, -0.25) is 4.79 Å². The fourth-order valence-corrected chi connectivity index (χ4v) is 3.09. The van der Waals surface area contributed by atoms with E-state index in [4.69, 9.17) is 11.6 Å². The van der Waals surface area contributed by atoms with Crippen molar-refractivity contribution in [1.29, 1.82) is 0 Å². The van der Waals surface area contributed by atoms with Crippen LogP contribution in [0.4, 0.5) is 19.1 Å². The second kappa shape index (κ2) is 9.29. The topological polar surface area (TPSA) is 88.8 Å². The second-order valence-corrected chi connectivity index (χ2v) is 7.03. The van der Waals surface area contributed by atoms with Crippen molar-refractivity contribution in [3.8, 4) is 5.69 Å². The smallest absolute Gasteiger partial charge is 0.352 e. The number of rotatable bonds is 7. The summed E-state index contributed by atoms with van der Waals surface area (Å²) in [6.07, 6.45) is -0.0976. The zero-order chi connectivity index (χ0) is 22.6. The maximum absolute atomic E-state index is 13.3. The Morgan fingerprint density at radius 2 is 1.87 bits per heavy atom. The van der Waals surface area contributed by atoms with Crippen LogP contribution < -0.4 is 5.32 Å². The number of aromatic nitrogens is 5. The summed E-state index contributed by atoms with van der Waals surface area (Å²) in [5.74, 6) is -0.257. The van der Waals surface area contributed by atoms with Crippen molar-refractivity contribution in [2.24, 2.45) is 0 Å². The van der Waals surface area contributed by atoms with Gasteiger partial charge in [0.15, 0.2) is 0 Å². The lowest BCUT2D eigenvalue weighted by Crippen LogP contribution is -2.42. The number of hydrogen-bond donors (Lipinski definition) is 1. The molecule has 0 saturated carbocycles. The monoisotopic (exact) mass is 453 g/mol. The Kier molecular flexibility index (Phi) is 6.74. The molecule has 1 unspecified atom stereocenters. The summed E-state index contributed by atoms with van der Waals surface area (Å²) >= 11 is 6.11. The summed E-state index contributed by atoms with van der Waals surface area (Å²) < 4.78 is 37.9. The molecule has 1 N–H and O–H groups in total. The number of amides is 1. The first kappa shape index (κ1) is 22.5. The number of alkyl halides is 3. The van der Waals surface area contributed by atoms with E-state index in [1.54, 1.807) is 30.0 Å². The molecule has 0 spiro atoms. The van der Waals surface area contributed by atoms with Gasteiger partial charge in [0.1, 0.15) is 0 Å². The van der Waals surface area contributed by atoms with Crippen molar-refractivity contribution in [3.63, 3.8) is 0 Å². The number of carbonyl (C=O) groups is 1. The molecule has 0 bridgehead atoms. The van der Waals surface area contributed by atoms with Gasteiger partial charge in [-0.2, -0.15) is 28.2 Å². The van der Waals surface area contributed by atoms with E-state index >= 15 is 0 Å². The third kappa shape index (κ3) is 5.29. The summed E-state index contributed by atoms with van der Waals surface area (Å²) in [6, 6.07) is 4.51. The first-order chi connectivity index (χ1) is 14.7. The van der Waals surface area contributed by atoms with Crippen LogP contribution in [0.15, 0.2) is 43.0 Å². The minimum atomic E-state index is -4.50. The SMILES string of the molecule is CCN(C(=O)c1cc(Cl)ccc1-n1nccn1)C(C)CNc1ncc(C(F)(F)F)cn1. The largest absolute Gasteiger partial charge is 0.419 e. The molecule has 3 aromatic rings. The number of anilines is 1. The highest BCUT2D eigenvalue weighted by molar-refractivity contribution is 6.31. The Morgan fingerprint density at radius 1 is 1.23 bits per heavy atom. The van der Waals surface area contributed by atoms with Gasteiger partial charge in [-0.25, -0.2) is 9.97 Å². The lowest BCUT2D eigenvalue weighted by molar-refractivity contribution is -0.138. The summed E-state index contributed by atoms with van der Waals surface area (Å²) in [5, 5.41) is 11.4. The lowest BCUT2D eigenvalue weighted by atomic mass is 10.1. The number of nitrogens with one attached hydrogen (secondary N) is 1. The number of carbonyl (C=O) groups excluding carboxylic acids is 1. The highest BCUT2D eigenvalue weighted by atomic mass is 35.5. The zero-order valence-corrected chi connectivity index (χ0v) is 17.4. The first-order valence-electron chi connectivity index (χ1n) is 9.31. The molecule has 0 radical (unpaired) electrons. The molecule has 1 amide bonds. The van der Waals surface area contributed by atoms with Crippen LogP contribution in [0.5, 0.6) is 0 Å². The second-order valence-electron chi connectivity index (χ2n) is 6.59. The third-order valence-electron chi connectivity index (χ3n) is 4.49. The third-order valence-corrected chi connectivity index (χ3v) is 4.73. The maximum Gasteiger partial charge on any atom is 0.419 e. The summed E-state index contributed by atoms with van der Waals surface area (Å²) in [4.78, 5) is 23.6. The molecule has 1 aromatic carbocycles. The zero-order valence-electron chi connectivity index (χ0n) is 16.6. The van der Waals surface area contributed by atoms with E-state index in [0.29, 0.717) is 35.2 Å². The van der Waals surface area contributed by atoms with Crippen molar-refractivity contribution >= 4 is 23.5 Å². The molecule has 0 saturated heterocycles. The molecule has 8 nitrogen and oxygen atoms in total. The summed E-state index contributed by atoms with van der Waals surface area (Å²) in [5.41, 5.74) is -0.135. The lowest BCUT2D eigenvalue weighted by Gasteiger charge is -2.29. The van der Waals surface area contributed by atoms with Gasteiger partial charge in [-0.1, -0.05) is 11.6 Å². The van der Waals surface area contributed by atoms with Crippen LogP contribution in [0.1, 0.15) is 29.8 Å². The molecule has 164 valence electrons. The van der Waals surface area contributed by atoms with Crippen LogP contribution in [0.2, 0.25) is 5.02 Å². The fraction of sp³-hybridized carbons (Fsp3) is 0.316. The van der Waals surface area contributed by atoms with Gasteiger partial charge in [-0.05, 0) is 32.0 Å². The molecule has 0 aliphatic rings. The van der Waals surface area contributed by atoms with E-state index in [2.05, 4.69) is 25.5 Å². The van der Waals surface area contributed by atoms with E-state index in [1.165, 1.54) is 17.2 Å². The van der Waals surface area contributed by atoms with Crippen molar-refractivity contribution in [1.82, 2.24) is 29.9 Å². The average molecular weight is 454 g/mol. The highest BCUT2D eigenvalue weighted by Crippen LogP contribution is 2.28. The van der Waals surface area contributed by atoms with Gasteiger partial charge < -0.3 is 10.2 Å². The van der Waals surface area contributed by atoms with Crippen molar-refractivity contribution in [2.45, 2.75) is 26.1 Å². The number of benzene rings is 1. The van der Waals surface area contributed by atoms with Crippen molar-refractivity contribution < 1.29 is 18.0 Å². The molecule has 31 heavy (non-hydrogen) atoms. The molecule has 0 aliphatic carbocycles. The number of halogens is 4. The molecule has 1 atom stereocenters. The van der Waals surface area contributed by atoms with Gasteiger partial charge >= 0.3 is 6.18 Å². The number of nitrogens with zero attached hydrogens (tertiary/aromatic N) is 6. The van der Waals surface area contributed by atoms with E-state index in [1.807, 2.05) is 6.92 Å². The molecule has 2 heterocycles. The van der Waals surface area contributed by atoms with Gasteiger partial charge in [0.25, 0.3) is 5.91 Å². The van der Waals surface area contributed by atoms with Crippen LogP contribution in [0.25, 0.3) is 5.69 Å². The molecule has 0 fully saturated rings. The Labute approximate surface area is 181 Å². The Morgan fingerprint density at radius 3 is 2.45 bits per heavy atom. The molecule has 3 rings (SSSR count).